The molecule has 0 aromatic carbocycles. The van der Waals surface area contributed by atoms with E-state index in [2.05, 4.69) is 27.7 Å². The lowest BCUT2D eigenvalue weighted by atomic mass is 9.95. The van der Waals surface area contributed by atoms with E-state index < -0.39 is 0 Å². The Hall–Kier alpha value is -2.38. The molecule has 1 aliphatic heterocycles. The van der Waals surface area contributed by atoms with Crippen molar-refractivity contribution < 1.29 is 13.7 Å². The van der Waals surface area contributed by atoms with E-state index in [0.29, 0.717) is 18.3 Å². The van der Waals surface area contributed by atoms with Crippen LogP contribution in [0.25, 0.3) is 11.3 Å². The van der Waals surface area contributed by atoms with Crippen LogP contribution in [0.15, 0.2) is 32.5 Å². The average Bonchev–Trinajstić information content (AvgIpc) is 3.50. The first kappa shape index (κ1) is 19.6. The Morgan fingerprint density at radius 3 is 3.07 bits per heavy atom. The van der Waals surface area contributed by atoms with Gasteiger partial charge < -0.3 is 14.3 Å². The molecular formula is C23H27N3O3S. The van der Waals surface area contributed by atoms with Crippen molar-refractivity contribution >= 4 is 17.2 Å². The second kappa shape index (κ2) is 8.40. The fourth-order valence-electron chi connectivity index (χ4n) is 4.69. The number of furan rings is 1. The second-order valence-corrected chi connectivity index (χ2v) is 9.18. The second-order valence-electron chi connectivity index (χ2n) is 8.18. The van der Waals surface area contributed by atoms with Crippen molar-refractivity contribution in [1.82, 2.24) is 15.4 Å². The number of amides is 1. The molecule has 1 unspecified atom stereocenters. The molecule has 1 N–H and O–H groups in total. The maximum absolute atomic E-state index is 12.7. The lowest BCUT2D eigenvalue weighted by Crippen LogP contribution is -2.38. The zero-order valence-corrected chi connectivity index (χ0v) is 18.1. The van der Waals surface area contributed by atoms with Gasteiger partial charge in [0.2, 0.25) is 0 Å². The van der Waals surface area contributed by atoms with Gasteiger partial charge in [0, 0.05) is 22.0 Å². The van der Waals surface area contributed by atoms with Gasteiger partial charge in [-0.25, -0.2) is 0 Å². The number of hydrogen-bond acceptors (Lipinski definition) is 6. The number of rotatable bonds is 6. The van der Waals surface area contributed by atoms with Crippen LogP contribution in [-0.2, 0) is 25.9 Å². The number of carbonyl (C=O) groups excluding carboxylic acids is 1. The van der Waals surface area contributed by atoms with E-state index in [9.17, 15) is 4.79 Å². The van der Waals surface area contributed by atoms with E-state index in [4.69, 9.17) is 8.94 Å². The summed E-state index contributed by atoms with van der Waals surface area (Å²) in [5.41, 5.74) is 2.38. The van der Waals surface area contributed by atoms with E-state index in [-0.39, 0.29) is 5.91 Å². The van der Waals surface area contributed by atoms with Gasteiger partial charge in [-0.05, 0) is 62.2 Å². The summed E-state index contributed by atoms with van der Waals surface area (Å²) in [4.78, 5) is 16.5. The van der Waals surface area contributed by atoms with Gasteiger partial charge in [0.25, 0.3) is 5.91 Å². The Kier molecular flexibility index (Phi) is 5.48. The Labute approximate surface area is 180 Å². The molecule has 1 atom stereocenters. The molecule has 0 saturated carbocycles. The van der Waals surface area contributed by atoms with E-state index >= 15 is 0 Å². The molecule has 2 aliphatic rings. The van der Waals surface area contributed by atoms with E-state index in [1.807, 2.05) is 18.2 Å². The molecule has 158 valence electrons. The smallest absolute Gasteiger partial charge is 0.274 e. The molecule has 1 aliphatic carbocycles. The lowest BCUT2D eigenvalue weighted by Gasteiger charge is -2.34. The van der Waals surface area contributed by atoms with Crippen LogP contribution in [0.2, 0.25) is 0 Å². The van der Waals surface area contributed by atoms with Crippen molar-refractivity contribution in [3.63, 3.8) is 0 Å². The lowest BCUT2D eigenvalue weighted by molar-refractivity contribution is 0.0937. The van der Waals surface area contributed by atoms with Crippen molar-refractivity contribution in [3.8, 4) is 11.3 Å². The Bertz CT molecular complexity index is 1030. The van der Waals surface area contributed by atoms with Crippen molar-refractivity contribution in [2.75, 3.05) is 6.54 Å². The van der Waals surface area contributed by atoms with Crippen molar-refractivity contribution in [1.29, 1.82) is 0 Å². The first-order valence-electron chi connectivity index (χ1n) is 10.9. The first-order chi connectivity index (χ1) is 14.7. The summed E-state index contributed by atoms with van der Waals surface area (Å²) in [6.07, 6.45) is 6.75. The minimum absolute atomic E-state index is 0.210. The van der Waals surface area contributed by atoms with E-state index in [1.54, 1.807) is 11.3 Å². The number of aryl methyl sites for hydroxylation is 1. The molecule has 0 spiro atoms. The van der Waals surface area contributed by atoms with Crippen molar-refractivity contribution in [2.45, 2.75) is 64.6 Å². The third kappa shape index (κ3) is 3.72. The number of likely N-dealkylation sites (tertiary alicyclic amines) is 1. The average molecular weight is 426 g/mol. The zero-order chi connectivity index (χ0) is 20.5. The molecule has 0 bridgehead atoms. The predicted molar refractivity (Wildman–Crippen MR) is 115 cm³/mol. The number of hydrogen-bond donors (Lipinski definition) is 1. The summed E-state index contributed by atoms with van der Waals surface area (Å²) in [5, 5.41) is 9.07. The highest BCUT2D eigenvalue weighted by molar-refractivity contribution is 7.10. The topological polar surface area (TPSA) is 71.5 Å². The van der Waals surface area contributed by atoms with Gasteiger partial charge >= 0.3 is 0 Å². The van der Waals surface area contributed by atoms with Crippen LogP contribution < -0.4 is 5.32 Å². The molecule has 7 heteroatoms. The molecule has 5 rings (SSSR count). The number of piperidine rings is 1. The van der Waals surface area contributed by atoms with Gasteiger partial charge in [-0.1, -0.05) is 18.5 Å². The Morgan fingerprint density at radius 2 is 2.17 bits per heavy atom. The molecule has 3 aromatic rings. The van der Waals surface area contributed by atoms with E-state index in [0.717, 1.165) is 54.3 Å². The fraction of sp³-hybridized carbons (Fsp3) is 0.478. The molecule has 1 fully saturated rings. The number of carbonyl (C=O) groups is 1. The summed E-state index contributed by atoms with van der Waals surface area (Å²) in [6, 6.07) is 6.67. The van der Waals surface area contributed by atoms with Gasteiger partial charge in [0.15, 0.2) is 11.5 Å². The van der Waals surface area contributed by atoms with Crippen LogP contribution in [0.4, 0.5) is 0 Å². The van der Waals surface area contributed by atoms with Crippen molar-refractivity contribution in [3.05, 3.63) is 51.2 Å². The molecule has 1 saturated heterocycles. The van der Waals surface area contributed by atoms with Gasteiger partial charge in [-0.3, -0.25) is 9.69 Å². The van der Waals surface area contributed by atoms with Gasteiger partial charge in [-0.2, -0.15) is 0 Å². The van der Waals surface area contributed by atoms with Gasteiger partial charge in [0.1, 0.15) is 11.5 Å². The standard InChI is InChI=1S/C23H27N3O3S/c1-2-15-5-3-4-11-26(15)14-17-7-6-16(28-17)13-24-23(27)21-19-8-9-20-18(10-12-30-20)22(19)29-25-21/h6-7,10,12,15H,2-5,8-9,11,13-14H2,1H3,(H,24,27). The number of fused-ring (bicyclic) bond motifs is 3. The van der Waals surface area contributed by atoms with Crippen LogP contribution >= 0.6 is 11.3 Å². The highest BCUT2D eigenvalue weighted by Gasteiger charge is 2.28. The first-order valence-corrected chi connectivity index (χ1v) is 11.8. The van der Waals surface area contributed by atoms with Crippen LogP contribution in [0, 0.1) is 0 Å². The van der Waals surface area contributed by atoms with Crippen LogP contribution in [0.3, 0.4) is 0 Å². The monoisotopic (exact) mass is 425 g/mol. The summed E-state index contributed by atoms with van der Waals surface area (Å²) in [5.74, 6) is 2.26. The van der Waals surface area contributed by atoms with E-state index in [1.165, 1.54) is 30.6 Å². The van der Waals surface area contributed by atoms with Crippen molar-refractivity contribution in [2.24, 2.45) is 0 Å². The number of thiophene rings is 1. The zero-order valence-electron chi connectivity index (χ0n) is 17.3. The molecule has 6 nitrogen and oxygen atoms in total. The maximum atomic E-state index is 12.7. The highest BCUT2D eigenvalue weighted by atomic mass is 32.1. The minimum atomic E-state index is -0.210. The molecule has 0 radical (unpaired) electrons. The Balaban J connectivity index is 1.21. The van der Waals surface area contributed by atoms with Gasteiger partial charge in [-0.15, -0.1) is 11.3 Å². The van der Waals surface area contributed by atoms with Crippen LogP contribution in [-0.4, -0.2) is 28.6 Å². The molecule has 30 heavy (non-hydrogen) atoms. The fourth-order valence-corrected chi connectivity index (χ4v) is 5.57. The highest BCUT2D eigenvalue weighted by Crippen LogP contribution is 2.38. The minimum Gasteiger partial charge on any atom is -0.463 e. The predicted octanol–water partition coefficient (Wildman–Crippen LogP) is 4.79. The summed E-state index contributed by atoms with van der Waals surface area (Å²) >= 11 is 1.73. The number of nitrogens with one attached hydrogen (secondary N) is 1. The molecule has 4 heterocycles. The quantitative estimate of drug-likeness (QED) is 0.615. The molecule has 1 amide bonds. The summed E-state index contributed by atoms with van der Waals surface area (Å²) in [6.45, 7) is 4.58. The Morgan fingerprint density at radius 1 is 1.27 bits per heavy atom. The van der Waals surface area contributed by atoms with Crippen LogP contribution in [0.5, 0.6) is 0 Å². The largest absolute Gasteiger partial charge is 0.463 e. The normalized spacial score (nSPS) is 18.8. The summed E-state index contributed by atoms with van der Waals surface area (Å²) in [7, 11) is 0. The third-order valence-electron chi connectivity index (χ3n) is 6.32. The maximum Gasteiger partial charge on any atom is 0.274 e. The van der Waals surface area contributed by atoms with Gasteiger partial charge in [0.05, 0.1) is 13.1 Å². The summed E-state index contributed by atoms with van der Waals surface area (Å²) < 4.78 is 11.5. The number of nitrogens with zero attached hydrogens (tertiary/aromatic N) is 2. The SMILES string of the molecule is CCC1CCCCN1Cc1ccc(CNC(=O)c2noc3c2CCc2sccc2-3)o1. The molecular weight excluding hydrogens is 398 g/mol. The van der Waals surface area contributed by atoms with Crippen LogP contribution in [0.1, 0.15) is 65.1 Å². The third-order valence-corrected chi connectivity index (χ3v) is 7.30. The number of aromatic nitrogens is 1. The molecule has 3 aromatic heterocycles.